The lowest BCUT2D eigenvalue weighted by atomic mass is 9.96. The van der Waals surface area contributed by atoms with Gasteiger partial charge in [-0.1, -0.05) is 12.1 Å². The number of halogens is 1. The number of methoxy groups -OCH3 is 1. The Morgan fingerprint density at radius 3 is 2.85 bits per heavy atom. The van der Waals surface area contributed by atoms with Crippen LogP contribution in [0.1, 0.15) is 28.4 Å². The van der Waals surface area contributed by atoms with Crippen molar-refractivity contribution in [2.24, 2.45) is 0 Å². The van der Waals surface area contributed by atoms with Gasteiger partial charge in [0.1, 0.15) is 23.4 Å². The summed E-state index contributed by atoms with van der Waals surface area (Å²) >= 11 is 0. The second-order valence-electron chi connectivity index (χ2n) is 4.65. The summed E-state index contributed by atoms with van der Waals surface area (Å²) in [5.41, 5.74) is 1.20. The van der Waals surface area contributed by atoms with Gasteiger partial charge in [0.15, 0.2) is 5.78 Å². The zero-order valence-electron chi connectivity index (χ0n) is 10.9. The van der Waals surface area contributed by atoms with Crippen molar-refractivity contribution < 1.29 is 18.7 Å². The van der Waals surface area contributed by atoms with Gasteiger partial charge in [-0.25, -0.2) is 4.39 Å². The van der Waals surface area contributed by atoms with Crippen LogP contribution in [0.5, 0.6) is 11.5 Å². The van der Waals surface area contributed by atoms with E-state index in [1.807, 2.05) is 0 Å². The standard InChI is InChI=1S/C16H13FO3/c1-19-12-5-6-13-14(18)9-15(20-16(13)8-12)10-3-2-4-11(17)7-10/h2-8,15H,9H2,1H3. The van der Waals surface area contributed by atoms with E-state index < -0.39 is 6.10 Å². The van der Waals surface area contributed by atoms with Crippen LogP contribution in [0.2, 0.25) is 0 Å². The molecule has 4 heteroatoms. The molecule has 0 N–H and O–H groups in total. The van der Waals surface area contributed by atoms with Crippen LogP contribution in [0.25, 0.3) is 0 Å². The zero-order chi connectivity index (χ0) is 14.1. The number of fused-ring (bicyclic) bond motifs is 1. The van der Waals surface area contributed by atoms with Gasteiger partial charge >= 0.3 is 0 Å². The van der Waals surface area contributed by atoms with E-state index in [2.05, 4.69) is 0 Å². The molecule has 0 amide bonds. The van der Waals surface area contributed by atoms with Gasteiger partial charge in [-0.2, -0.15) is 0 Å². The molecule has 0 radical (unpaired) electrons. The lowest BCUT2D eigenvalue weighted by Gasteiger charge is -2.25. The Hall–Kier alpha value is -2.36. The van der Waals surface area contributed by atoms with Gasteiger partial charge in [0.25, 0.3) is 0 Å². The Labute approximate surface area is 115 Å². The molecular weight excluding hydrogens is 259 g/mol. The topological polar surface area (TPSA) is 35.5 Å². The van der Waals surface area contributed by atoms with E-state index in [-0.39, 0.29) is 18.0 Å². The molecule has 0 saturated carbocycles. The highest BCUT2D eigenvalue weighted by Gasteiger charge is 2.28. The van der Waals surface area contributed by atoms with Crippen molar-refractivity contribution in [1.29, 1.82) is 0 Å². The number of ether oxygens (including phenoxy) is 2. The molecule has 0 aromatic heterocycles. The number of Topliss-reactive ketones (excluding diaryl/α,β-unsaturated/α-hetero) is 1. The van der Waals surface area contributed by atoms with Crippen LogP contribution >= 0.6 is 0 Å². The fraction of sp³-hybridized carbons (Fsp3) is 0.188. The first-order valence-corrected chi connectivity index (χ1v) is 6.31. The van der Waals surface area contributed by atoms with Crippen molar-refractivity contribution in [2.75, 3.05) is 7.11 Å². The summed E-state index contributed by atoms with van der Waals surface area (Å²) < 4.78 is 24.2. The predicted octanol–water partition coefficient (Wildman–Crippen LogP) is 3.54. The Kier molecular flexibility index (Phi) is 3.14. The minimum Gasteiger partial charge on any atom is -0.497 e. The SMILES string of the molecule is COc1ccc2c(c1)OC(c1cccc(F)c1)CC2=O. The van der Waals surface area contributed by atoms with Crippen molar-refractivity contribution in [3.63, 3.8) is 0 Å². The Balaban J connectivity index is 1.97. The van der Waals surface area contributed by atoms with Crippen molar-refractivity contribution >= 4 is 5.78 Å². The smallest absolute Gasteiger partial charge is 0.170 e. The van der Waals surface area contributed by atoms with Crippen LogP contribution in [0.3, 0.4) is 0 Å². The molecule has 102 valence electrons. The molecule has 2 aromatic carbocycles. The lowest BCUT2D eigenvalue weighted by Crippen LogP contribution is -2.20. The molecule has 3 nitrogen and oxygen atoms in total. The van der Waals surface area contributed by atoms with Crippen molar-refractivity contribution in [1.82, 2.24) is 0 Å². The molecule has 1 atom stereocenters. The lowest BCUT2D eigenvalue weighted by molar-refractivity contribution is 0.0849. The fourth-order valence-corrected chi connectivity index (χ4v) is 2.32. The third-order valence-electron chi connectivity index (χ3n) is 3.35. The summed E-state index contributed by atoms with van der Waals surface area (Å²) in [4.78, 5) is 12.1. The number of rotatable bonds is 2. The quantitative estimate of drug-likeness (QED) is 0.838. The Bertz CT molecular complexity index is 667. The van der Waals surface area contributed by atoms with Gasteiger partial charge in [0.05, 0.1) is 19.1 Å². The number of carbonyl (C=O) groups excluding carboxylic acids is 1. The maximum atomic E-state index is 13.3. The molecule has 0 spiro atoms. The molecule has 1 heterocycles. The van der Waals surface area contributed by atoms with E-state index in [1.54, 1.807) is 37.4 Å². The second-order valence-corrected chi connectivity index (χ2v) is 4.65. The van der Waals surface area contributed by atoms with Crippen molar-refractivity contribution in [3.05, 3.63) is 59.4 Å². The first-order valence-electron chi connectivity index (χ1n) is 6.31. The van der Waals surface area contributed by atoms with E-state index >= 15 is 0 Å². The largest absolute Gasteiger partial charge is 0.497 e. The molecule has 20 heavy (non-hydrogen) atoms. The van der Waals surface area contributed by atoms with Gasteiger partial charge in [0, 0.05) is 6.07 Å². The van der Waals surface area contributed by atoms with Crippen molar-refractivity contribution in [3.8, 4) is 11.5 Å². The number of benzene rings is 2. The number of ketones is 1. The first-order chi connectivity index (χ1) is 9.67. The molecular formula is C16H13FO3. The van der Waals surface area contributed by atoms with E-state index in [0.717, 1.165) is 0 Å². The highest BCUT2D eigenvalue weighted by atomic mass is 19.1. The average molecular weight is 272 g/mol. The van der Waals surface area contributed by atoms with Crippen LogP contribution in [0.15, 0.2) is 42.5 Å². The number of carbonyl (C=O) groups is 1. The molecule has 0 bridgehead atoms. The molecule has 1 unspecified atom stereocenters. The summed E-state index contributed by atoms with van der Waals surface area (Å²) in [6, 6.07) is 11.2. The molecule has 0 saturated heterocycles. The first kappa shape index (κ1) is 12.7. The minimum atomic E-state index is -0.460. The van der Waals surface area contributed by atoms with Crippen molar-refractivity contribution in [2.45, 2.75) is 12.5 Å². The van der Waals surface area contributed by atoms with E-state index in [9.17, 15) is 9.18 Å². The summed E-state index contributed by atoms with van der Waals surface area (Å²) in [5.74, 6) is 0.754. The second kappa shape index (κ2) is 4.96. The normalized spacial score (nSPS) is 17.3. The maximum Gasteiger partial charge on any atom is 0.170 e. The fourth-order valence-electron chi connectivity index (χ4n) is 2.32. The molecule has 1 aliphatic heterocycles. The predicted molar refractivity (Wildman–Crippen MR) is 71.7 cm³/mol. The van der Waals surface area contributed by atoms with Gasteiger partial charge in [-0.15, -0.1) is 0 Å². The highest BCUT2D eigenvalue weighted by Crippen LogP contribution is 2.36. The molecule has 2 aromatic rings. The van der Waals surface area contributed by atoms with Gasteiger partial charge < -0.3 is 9.47 Å². The Morgan fingerprint density at radius 2 is 2.10 bits per heavy atom. The van der Waals surface area contributed by atoms with Gasteiger partial charge in [0.2, 0.25) is 0 Å². The maximum absolute atomic E-state index is 13.3. The molecule has 0 fully saturated rings. The summed E-state index contributed by atoms with van der Waals surface area (Å²) in [5, 5.41) is 0. The minimum absolute atomic E-state index is 0.0110. The average Bonchev–Trinajstić information content (AvgIpc) is 2.46. The third kappa shape index (κ3) is 2.25. The third-order valence-corrected chi connectivity index (χ3v) is 3.35. The van der Waals surface area contributed by atoms with E-state index in [0.29, 0.717) is 22.6 Å². The van der Waals surface area contributed by atoms with Gasteiger partial charge in [-0.3, -0.25) is 4.79 Å². The number of hydrogen-bond donors (Lipinski definition) is 0. The number of hydrogen-bond acceptors (Lipinski definition) is 3. The monoisotopic (exact) mass is 272 g/mol. The van der Waals surface area contributed by atoms with Crippen LogP contribution in [0, 0.1) is 5.82 Å². The zero-order valence-corrected chi connectivity index (χ0v) is 10.9. The van der Waals surface area contributed by atoms with Crippen LogP contribution < -0.4 is 9.47 Å². The summed E-state index contributed by atoms with van der Waals surface area (Å²) in [6.07, 6.45) is -0.249. The van der Waals surface area contributed by atoms with E-state index in [4.69, 9.17) is 9.47 Å². The molecule has 3 rings (SSSR count). The summed E-state index contributed by atoms with van der Waals surface area (Å²) in [7, 11) is 1.55. The van der Waals surface area contributed by atoms with E-state index in [1.165, 1.54) is 12.1 Å². The van der Waals surface area contributed by atoms with Crippen LogP contribution in [-0.4, -0.2) is 12.9 Å². The van der Waals surface area contributed by atoms with Crippen LogP contribution in [0.4, 0.5) is 4.39 Å². The Morgan fingerprint density at radius 1 is 1.25 bits per heavy atom. The molecule has 0 aliphatic carbocycles. The van der Waals surface area contributed by atoms with Crippen LogP contribution in [-0.2, 0) is 0 Å². The highest BCUT2D eigenvalue weighted by molar-refractivity contribution is 6.00. The summed E-state index contributed by atoms with van der Waals surface area (Å²) in [6.45, 7) is 0. The molecule has 1 aliphatic rings. The van der Waals surface area contributed by atoms with Gasteiger partial charge in [-0.05, 0) is 29.8 Å².